The Bertz CT molecular complexity index is 7820. The number of nitrogens with zero attached hydrogens (tertiary/aromatic N) is 4. The van der Waals surface area contributed by atoms with Gasteiger partial charge in [0.2, 0.25) is 0 Å². The lowest BCUT2D eigenvalue weighted by molar-refractivity contribution is 0.00578. The van der Waals surface area contributed by atoms with Crippen molar-refractivity contribution in [3.63, 3.8) is 0 Å². The molecule has 1 aliphatic heterocycles. The molecule has 1 saturated heterocycles. The van der Waals surface area contributed by atoms with Crippen LogP contribution in [-0.2, 0) is 9.31 Å². The molecule has 0 spiro atoms. The van der Waals surface area contributed by atoms with Gasteiger partial charge < -0.3 is 9.31 Å². The van der Waals surface area contributed by atoms with Crippen LogP contribution in [0.15, 0.2) is 393 Å². The van der Waals surface area contributed by atoms with Crippen LogP contribution >= 0.6 is 15.9 Å². The number of benzene rings is 18. The zero-order chi connectivity index (χ0) is 79.2. The first kappa shape index (κ1) is 71.9. The second kappa shape index (κ2) is 29.5. The van der Waals surface area contributed by atoms with Gasteiger partial charge in [0, 0.05) is 39.9 Å². The minimum Gasteiger partial charge on any atom is -0.399 e. The fourth-order valence-electron chi connectivity index (χ4n) is 17.9. The van der Waals surface area contributed by atoms with Gasteiger partial charge in [-0.25, -0.2) is 9.97 Å². The van der Waals surface area contributed by atoms with Crippen LogP contribution in [0.5, 0.6) is 0 Å². The Kier molecular flexibility index (Phi) is 17.9. The maximum Gasteiger partial charge on any atom is 0.495 e. The fraction of sp³-hybridized carbons (Fsp3) is 0.0545. The lowest BCUT2D eigenvalue weighted by atomic mass is 9.75. The van der Waals surface area contributed by atoms with Crippen molar-refractivity contribution in [1.29, 1.82) is 0 Å². The smallest absolute Gasteiger partial charge is 0.399 e. The van der Waals surface area contributed by atoms with Gasteiger partial charge in [-0.15, -0.1) is 0 Å². The third-order valence-corrected chi connectivity index (χ3v) is 24.8. The molecule has 1 fully saturated rings. The first-order valence-electron chi connectivity index (χ1n) is 40.3. The van der Waals surface area contributed by atoms with E-state index in [0.717, 1.165) is 71.0 Å². The highest BCUT2D eigenvalue weighted by molar-refractivity contribution is 9.10. The van der Waals surface area contributed by atoms with Crippen LogP contribution in [0, 0.1) is 0 Å². The van der Waals surface area contributed by atoms with Crippen molar-refractivity contribution in [3.05, 3.63) is 393 Å². The van der Waals surface area contributed by atoms with Gasteiger partial charge in [-0.1, -0.05) is 291 Å². The zero-order valence-corrected chi connectivity index (χ0v) is 67.1. The first-order chi connectivity index (χ1) is 57.9. The summed E-state index contributed by atoms with van der Waals surface area (Å²) in [5.41, 5.74) is 18.2. The summed E-state index contributed by atoms with van der Waals surface area (Å²) in [6.07, 6.45) is 3.69. The quantitative estimate of drug-likeness (QED) is 0.0653. The minimum absolute atomic E-state index is 0.349. The number of fused-ring (bicyclic) bond motifs is 14. The fourth-order valence-corrected chi connectivity index (χ4v) is 18.2. The molecule has 118 heavy (non-hydrogen) atoms. The Balaban J connectivity index is 0.000000119. The third-order valence-electron chi connectivity index (χ3n) is 24.3. The molecule has 0 N–H and O–H groups in total. The molecule has 558 valence electrons. The van der Waals surface area contributed by atoms with Gasteiger partial charge in [-0.05, 0) is 286 Å². The summed E-state index contributed by atoms with van der Waals surface area (Å²) in [5, 5.41) is 26.8. The topological polar surface area (TPSA) is 70.0 Å². The highest BCUT2D eigenvalue weighted by Gasteiger charge is 2.52. The van der Waals surface area contributed by atoms with Gasteiger partial charge in [0.15, 0.2) is 0 Å². The third kappa shape index (κ3) is 12.9. The van der Waals surface area contributed by atoms with Crippen molar-refractivity contribution >= 4 is 158 Å². The van der Waals surface area contributed by atoms with E-state index in [1.165, 1.54) is 147 Å². The average molecular weight is 1580 g/mol. The van der Waals surface area contributed by atoms with Crippen molar-refractivity contribution in [2.24, 2.45) is 0 Å². The molecule has 5 heterocycles. The SMILES string of the molecule is Brc1cccc(-c2ccc3c(-c4ccc5ccccc5c4)c4ccccc4c(-c4ccc5ccccc5c4)c3c2)n1.CC1(C)OB(c2cc3ncccc3c3ccccc23)OC1(C)C.c1cc(-c2ccc3c(-c4ccc5ccccc5c4)c4ccccc4c(-c4ccc5ccccc5c4)c3c2)nc(-c2cc3ncccc3c3ccccc23)c1. The maximum absolute atomic E-state index is 6.26. The van der Waals surface area contributed by atoms with E-state index in [0.29, 0.717) is 0 Å². The molecule has 4 aromatic heterocycles. The van der Waals surface area contributed by atoms with E-state index in [9.17, 15) is 0 Å². The number of halogens is 1. The number of pyridine rings is 4. The number of rotatable bonds is 8. The first-order valence-corrected chi connectivity index (χ1v) is 41.1. The molecule has 1 aliphatic rings. The van der Waals surface area contributed by atoms with Gasteiger partial charge in [0.25, 0.3) is 0 Å². The summed E-state index contributed by atoms with van der Waals surface area (Å²) in [5.74, 6) is 0. The summed E-state index contributed by atoms with van der Waals surface area (Å²) in [7, 11) is -0.378. The molecular formula is C110H76BBrN4O2. The molecule has 23 rings (SSSR count). The molecular weight excluding hydrogens is 1500 g/mol. The summed E-state index contributed by atoms with van der Waals surface area (Å²) in [6, 6.07) is 135. The van der Waals surface area contributed by atoms with Gasteiger partial charge in [0.05, 0.1) is 39.3 Å². The largest absolute Gasteiger partial charge is 0.495 e. The summed E-state index contributed by atoms with van der Waals surface area (Å²) in [4.78, 5) is 19.4. The number of hydrogen-bond acceptors (Lipinski definition) is 6. The molecule has 0 saturated carbocycles. The van der Waals surface area contributed by atoms with Crippen molar-refractivity contribution in [2.75, 3.05) is 0 Å². The molecule has 0 bridgehead atoms. The molecule has 0 radical (unpaired) electrons. The van der Waals surface area contributed by atoms with E-state index >= 15 is 0 Å². The zero-order valence-electron chi connectivity index (χ0n) is 65.5. The monoisotopic (exact) mass is 1570 g/mol. The molecule has 0 amide bonds. The molecule has 8 heteroatoms. The molecule has 0 unspecified atom stereocenters. The van der Waals surface area contributed by atoms with E-state index in [-0.39, 0.29) is 18.3 Å². The average Bonchev–Trinajstić information content (AvgIpc) is 0.996. The van der Waals surface area contributed by atoms with Crippen molar-refractivity contribution in [3.8, 4) is 78.3 Å². The molecule has 22 aromatic rings. The standard InChI is InChI=1S/C52H32N2.C39H24BrN.C19H20BNO2/c1-3-13-35-29-38(24-22-33(35)11-1)51-43-17-7-8-18-44(43)52(39-25-23-34-12-2-4-14-36(34)30-39)47-31-37(26-27-45(47)51)48-20-9-21-49(54-48)46-32-50-42(19-10-28-53-50)40-15-5-6-16-41(40)46;40-37-15-7-14-36(41-37)29-20-21-34-35(24-29)39(31-19-17-26-9-2-4-11-28(26)23-31)33-13-6-5-12-32(33)38(34)30-18-16-25-8-1-3-10-27(25)22-30;1-18(2)19(3,4)23-20(22-18)16-12-17-15(10-7-11-21-17)13-8-5-6-9-14(13)16/h1-32H;1-24H;5-12H,1-4H3. The van der Waals surface area contributed by atoms with Gasteiger partial charge in [-0.2, -0.15) is 0 Å². The van der Waals surface area contributed by atoms with E-state index < -0.39 is 0 Å². The van der Waals surface area contributed by atoms with Crippen LogP contribution in [0.25, 0.3) is 208 Å². The Morgan fingerprint density at radius 1 is 0.237 bits per heavy atom. The molecule has 6 nitrogen and oxygen atoms in total. The predicted molar refractivity (Wildman–Crippen MR) is 502 cm³/mol. The second-order valence-electron chi connectivity index (χ2n) is 31.8. The Morgan fingerprint density at radius 2 is 0.559 bits per heavy atom. The lowest BCUT2D eigenvalue weighted by Gasteiger charge is -2.32. The Labute approximate surface area is 692 Å². The minimum atomic E-state index is -0.378. The highest BCUT2D eigenvalue weighted by Crippen LogP contribution is 2.49. The van der Waals surface area contributed by atoms with Gasteiger partial charge in [0.1, 0.15) is 4.60 Å². The summed E-state index contributed by atoms with van der Waals surface area (Å²) in [6.45, 7) is 8.31. The normalized spacial score (nSPS) is 13.2. The van der Waals surface area contributed by atoms with Crippen LogP contribution in [0.3, 0.4) is 0 Å². The van der Waals surface area contributed by atoms with Gasteiger partial charge >= 0.3 is 7.12 Å². The van der Waals surface area contributed by atoms with Crippen molar-refractivity contribution < 1.29 is 9.31 Å². The van der Waals surface area contributed by atoms with E-state index in [1.807, 2.05) is 36.7 Å². The van der Waals surface area contributed by atoms with Crippen molar-refractivity contribution in [2.45, 2.75) is 38.9 Å². The number of hydrogen-bond donors (Lipinski definition) is 0. The summed E-state index contributed by atoms with van der Waals surface area (Å²) < 4.78 is 13.3. The van der Waals surface area contributed by atoms with Crippen LogP contribution in [0.4, 0.5) is 0 Å². The molecule has 0 atom stereocenters. The predicted octanol–water partition coefficient (Wildman–Crippen LogP) is 29.2. The number of aromatic nitrogens is 4. The van der Waals surface area contributed by atoms with Crippen LogP contribution in [0.1, 0.15) is 27.7 Å². The van der Waals surface area contributed by atoms with Crippen molar-refractivity contribution in [1.82, 2.24) is 19.9 Å². The Morgan fingerprint density at radius 3 is 0.992 bits per heavy atom. The van der Waals surface area contributed by atoms with Gasteiger partial charge in [-0.3, -0.25) is 9.97 Å². The molecule has 18 aromatic carbocycles. The maximum atomic E-state index is 6.26. The molecule has 0 aliphatic carbocycles. The van der Waals surface area contributed by atoms with Crippen LogP contribution < -0.4 is 5.46 Å². The lowest BCUT2D eigenvalue weighted by Crippen LogP contribution is -2.41. The van der Waals surface area contributed by atoms with Crippen LogP contribution in [-0.4, -0.2) is 38.3 Å². The van der Waals surface area contributed by atoms with Crippen LogP contribution in [0.2, 0.25) is 0 Å². The Hall–Kier alpha value is -13.9. The van der Waals surface area contributed by atoms with E-state index in [4.69, 9.17) is 24.3 Å². The van der Waals surface area contributed by atoms with E-state index in [1.54, 1.807) is 0 Å². The summed E-state index contributed by atoms with van der Waals surface area (Å²) >= 11 is 3.57. The highest BCUT2D eigenvalue weighted by atomic mass is 79.9. The second-order valence-corrected chi connectivity index (χ2v) is 32.6. The van der Waals surface area contributed by atoms with E-state index in [2.05, 4.69) is 400 Å².